The van der Waals surface area contributed by atoms with E-state index in [4.69, 9.17) is 4.74 Å². The monoisotopic (exact) mass is 275 g/mol. The van der Waals surface area contributed by atoms with Crippen molar-refractivity contribution in [3.63, 3.8) is 0 Å². The van der Waals surface area contributed by atoms with Gasteiger partial charge in [0, 0.05) is 9.79 Å². The number of hydrogen-bond acceptors (Lipinski definition) is 3. The standard InChI is InChI=1S/C15H14FNOS/c1-10-2-4-12-14(8-10)19-15-9-11(18-7-6-16)3-5-13(15)17-12/h2-5,8-9,17H,6-7H2,1H3. The van der Waals surface area contributed by atoms with Crippen molar-refractivity contribution in [2.24, 2.45) is 0 Å². The molecule has 0 aliphatic carbocycles. The van der Waals surface area contributed by atoms with E-state index in [1.165, 1.54) is 10.5 Å². The summed E-state index contributed by atoms with van der Waals surface area (Å²) in [4.78, 5) is 2.31. The van der Waals surface area contributed by atoms with Crippen LogP contribution in [0.25, 0.3) is 0 Å². The predicted molar refractivity (Wildman–Crippen MR) is 76.5 cm³/mol. The van der Waals surface area contributed by atoms with Gasteiger partial charge < -0.3 is 10.1 Å². The zero-order valence-corrected chi connectivity index (χ0v) is 11.4. The van der Waals surface area contributed by atoms with E-state index in [-0.39, 0.29) is 6.61 Å². The fraction of sp³-hybridized carbons (Fsp3) is 0.200. The molecule has 1 heterocycles. The molecule has 3 rings (SSSR count). The van der Waals surface area contributed by atoms with E-state index >= 15 is 0 Å². The first-order valence-electron chi connectivity index (χ1n) is 6.14. The van der Waals surface area contributed by atoms with Gasteiger partial charge in [-0.3, -0.25) is 0 Å². The molecule has 0 radical (unpaired) electrons. The van der Waals surface area contributed by atoms with Crippen molar-refractivity contribution in [2.45, 2.75) is 16.7 Å². The number of rotatable bonds is 3. The number of hydrogen-bond donors (Lipinski definition) is 1. The fourth-order valence-corrected chi connectivity index (χ4v) is 3.13. The van der Waals surface area contributed by atoms with Gasteiger partial charge >= 0.3 is 0 Å². The maximum atomic E-state index is 12.1. The van der Waals surface area contributed by atoms with Crippen molar-refractivity contribution in [1.29, 1.82) is 0 Å². The lowest BCUT2D eigenvalue weighted by molar-refractivity contribution is 0.273. The van der Waals surface area contributed by atoms with Crippen LogP contribution >= 0.6 is 11.8 Å². The van der Waals surface area contributed by atoms with Crippen LogP contribution in [0.2, 0.25) is 0 Å². The van der Waals surface area contributed by atoms with Gasteiger partial charge in [0.2, 0.25) is 0 Å². The van der Waals surface area contributed by atoms with Crippen LogP contribution in [0.4, 0.5) is 15.8 Å². The summed E-state index contributed by atoms with van der Waals surface area (Å²) < 4.78 is 17.4. The van der Waals surface area contributed by atoms with Crippen LogP contribution in [0.3, 0.4) is 0 Å². The number of fused-ring (bicyclic) bond motifs is 2. The van der Waals surface area contributed by atoms with Gasteiger partial charge in [-0.05, 0) is 42.8 Å². The summed E-state index contributed by atoms with van der Waals surface area (Å²) in [6, 6.07) is 12.1. The van der Waals surface area contributed by atoms with Gasteiger partial charge in [0.1, 0.15) is 19.0 Å². The van der Waals surface area contributed by atoms with Gasteiger partial charge in [0.25, 0.3) is 0 Å². The molecule has 0 fully saturated rings. The summed E-state index contributed by atoms with van der Waals surface area (Å²) in [6.07, 6.45) is 0. The molecular formula is C15H14FNOS. The van der Waals surface area contributed by atoms with Crippen molar-refractivity contribution in [2.75, 3.05) is 18.6 Å². The highest BCUT2D eigenvalue weighted by molar-refractivity contribution is 7.99. The lowest BCUT2D eigenvalue weighted by atomic mass is 10.2. The Bertz CT molecular complexity index is 615. The molecule has 2 aromatic carbocycles. The minimum Gasteiger partial charge on any atom is -0.491 e. The largest absolute Gasteiger partial charge is 0.491 e. The number of halogens is 1. The lowest BCUT2D eigenvalue weighted by Crippen LogP contribution is -2.02. The van der Waals surface area contributed by atoms with Gasteiger partial charge in [-0.1, -0.05) is 17.8 Å². The highest BCUT2D eigenvalue weighted by Gasteiger charge is 2.16. The summed E-state index contributed by atoms with van der Waals surface area (Å²) in [5.74, 6) is 0.710. The number of nitrogens with one attached hydrogen (secondary N) is 1. The average Bonchev–Trinajstić information content (AvgIpc) is 2.42. The summed E-state index contributed by atoms with van der Waals surface area (Å²) in [5, 5.41) is 3.40. The quantitative estimate of drug-likeness (QED) is 0.757. The van der Waals surface area contributed by atoms with E-state index in [1.807, 2.05) is 18.2 Å². The van der Waals surface area contributed by atoms with Crippen LogP contribution in [0.5, 0.6) is 5.75 Å². The summed E-state index contributed by atoms with van der Waals surface area (Å²) in [6.45, 7) is 1.72. The maximum absolute atomic E-state index is 12.1. The van der Waals surface area contributed by atoms with Crippen molar-refractivity contribution >= 4 is 23.1 Å². The number of benzene rings is 2. The molecule has 0 bridgehead atoms. The first-order valence-corrected chi connectivity index (χ1v) is 6.96. The molecule has 0 atom stereocenters. The van der Waals surface area contributed by atoms with Gasteiger partial charge in [-0.2, -0.15) is 0 Å². The van der Waals surface area contributed by atoms with E-state index in [1.54, 1.807) is 11.8 Å². The number of alkyl halides is 1. The fourth-order valence-electron chi connectivity index (χ4n) is 2.02. The summed E-state index contributed by atoms with van der Waals surface area (Å²) >= 11 is 1.71. The maximum Gasteiger partial charge on any atom is 0.123 e. The van der Waals surface area contributed by atoms with Crippen LogP contribution < -0.4 is 10.1 Å². The zero-order chi connectivity index (χ0) is 13.2. The third-order valence-corrected chi connectivity index (χ3v) is 4.04. The molecule has 0 saturated carbocycles. The van der Waals surface area contributed by atoms with E-state index in [9.17, 15) is 4.39 Å². The number of anilines is 2. The third kappa shape index (κ3) is 2.54. The highest BCUT2D eigenvalue weighted by atomic mass is 32.2. The van der Waals surface area contributed by atoms with Crippen LogP contribution in [0.15, 0.2) is 46.2 Å². The molecule has 2 aromatic rings. The predicted octanol–water partition coefficient (Wildman–Crippen LogP) is 4.55. The van der Waals surface area contributed by atoms with Crippen molar-refractivity contribution < 1.29 is 9.13 Å². The van der Waals surface area contributed by atoms with E-state index in [0.29, 0.717) is 5.75 Å². The topological polar surface area (TPSA) is 21.3 Å². The van der Waals surface area contributed by atoms with E-state index in [2.05, 4.69) is 30.4 Å². The average molecular weight is 275 g/mol. The van der Waals surface area contributed by atoms with Crippen LogP contribution in [-0.4, -0.2) is 13.3 Å². The Kier molecular flexibility index (Phi) is 3.34. The molecule has 98 valence electrons. The molecule has 0 spiro atoms. The highest BCUT2D eigenvalue weighted by Crippen LogP contribution is 2.45. The van der Waals surface area contributed by atoms with E-state index in [0.717, 1.165) is 16.3 Å². The Morgan fingerprint density at radius 2 is 1.84 bits per heavy atom. The lowest BCUT2D eigenvalue weighted by Gasteiger charge is -2.21. The van der Waals surface area contributed by atoms with Crippen molar-refractivity contribution in [1.82, 2.24) is 0 Å². The normalized spacial score (nSPS) is 12.3. The van der Waals surface area contributed by atoms with Crippen LogP contribution in [-0.2, 0) is 0 Å². The first-order chi connectivity index (χ1) is 9.26. The molecular weight excluding hydrogens is 261 g/mol. The summed E-state index contributed by atoms with van der Waals surface area (Å²) in [7, 11) is 0. The van der Waals surface area contributed by atoms with E-state index < -0.39 is 6.67 Å². The Labute approximate surface area is 116 Å². The zero-order valence-electron chi connectivity index (χ0n) is 10.6. The molecule has 19 heavy (non-hydrogen) atoms. The molecule has 0 saturated heterocycles. The van der Waals surface area contributed by atoms with Crippen molar-refractivity contribution in [3.05, 3.63) is 42.0 Å². The summed E-state index contributed by atoms with van der Waals surface area (Å²) in [5.41, 5.74) is 3.43. The Morgan fingerprint density at radius 3 is 2.63 bits per heavy atom. The molecule has 1 aliphatic rings. The first kappa shape index (κ1) is 12.4. The molecule has 4 heteroatoms. The van der Waals surface area contributed by atoms with Gasteiger partial charge in [-0.15, -0.1) is 0 Å². The van der Waals surface area contributed by atoms with Crippen molar-refractivity contribution in [3.8, 4) is 5.75 Å². The second-order valence-corrected chi connectivity index (χ2v) is 5.51. The molecule has 1 N–H and O–H groups in total. The third-order valence-electron chi connectivity index (χ3n) is 2.93. The SMILES string of the molecule is Cc1ccc2c(c1)Sc1cc(OCCF)ccc1N2. The second kappa shape index (κ2) is 5.13. The molecule has 2 nitrogen and oxygen atoms in total. The molecule has 1 aliphatic heterocycles. The Hall–Kier alpha value is -1.68. The minimum absolute atomic E-state index is 0.104. The molecule has 0 aromatic heterocycles. The van der Waals surface area contributed by atoms with Gasteiger partial charge in [0.15, 0.2) is 0 Å². The molecule has 0 unspecified atom stereocenters. The van der Waals surface area contributed by atoms with Crippen LogP contribution in [0, 0.1) is 6.92 Å². The Balaban J connectivity index is 1.90. The number of aryl methyl sites for hydroxylation is 1. The van der Waals surface area contributed by atoms with Gasteiger partial charge in [-0.25, -0.2) is 4.39 Å². The van der Waals surface area contributed by atoms with Gasteiger partial charge in [0.05, 0.1) is 11.4 Å². The minimum atomic E-state index is -0.468. The second-order valence-electron chi connectivity index (χ2n) is 4.42. The number of ether oxygens (including phenoxy) is 1. The molecule has 0 amide bonds. The Morgan fingerprint density at radius 1 is 1.11 bits per heavy atom. The smallest absolute Gasteiger partial charge is 0.123 e. The van der Waals surface area contributed by atoms with Crippen LogP contribution in [0.1, 0.15) is 5.56 Å².